The van der Waals surface area contributed by atoms with Crippen LogP contribution < -0.4 is 29.6 Å². The summed E-state index contributed by atoms with van der Waals surface area (Å²) in [6.07, 6.45) is -0.292. The third-order valence-corrected chi connectivity index (χ3v) is 13.2. The summed E-state index contributed by atoms with van der Waals surface area (Å²) in [6.45, 7) is 0.585. The first-order valence-corrected chi connectivity index (χ1v) is 19.2. The molecule has 0 unspecified atom stereocenters. The van der Waals surface area contributed by atoms with Gasteiger partial charge in [0, 0.05) is 17.7 Å². The van der Waals surface area contributed by atoms with Crippen LogP contribution in [0.3, 0.4) is 0 Å². The number of amides is 4. The van der Waals surface area contributed by atoms with Gasteiger partial charge in [0.2, 0.25) is 21.8 Å². The lowest BCUT2D eigenvalue weighted by atomic mass is 9.98. The molecule has 5 aliphatic rings. The number of nitrogens with one attached hydrogen (secondary N) is 3. The van der Waals surface area contributed by atoms with Crippen LogP contribution in [-0.2, 0) is 30.6 Å². The Kier molecular flexibility index (Phi) is 9.16. The zero-order valence-electron chi connectivity index (χ0n) is 29.5. The highest BCUT2D eigenvalue weighted by molar-refractivity contribution is 7.91. The number of pyridine rings is 1. The minimum Gasteiger partial charge on any atom is -0.497 e. The van der Waals surface area contributed by atoms with E-state index in [0.29, 0.717) is 44.3 Å². The molecular weight excluding hydrogens is 739 g/mol. The predicted octanol–water partition coefficient (Wildman–Crippen LogP) is 3.40. The summed E-state index contributed by atoms with van der Waals surface area (Å²) in [6, 6.07) is 1.39. The van der Waals surface area contributed by atoms with Crippen LogP contribution in [0.1, 0.15) is 70.4 Å². The summed E-state index contributed by atoms with van der Waals surface area (Å²) < 4.78 is 88.3. The molecule has 1 saturated heterocycles. The predicted molar refractivity (Wildman–Crippen MR) is 183 cm³/mol. The van der Waals surface area contributed by atoms with Crippen LogP contribution in [0.15, 0.2) is 30.4 Å². The van der Waals surface area contributed by atoms with E-state index < -0.39 is 105 Å². The number of hydrogen-bond donors (Lipinski definition) is 4. The molecule has 5 atom stereocenters. The average molecular weight is 780 g/mol. The highest BCUT2D eigenvalue weighted by Gasteiger charge is 2.64. The van der Waals surface area contributed by atoms with Crippen molar-refractivity contribution in [3.05, 3.63) is 36.0 Å². The number of halogens is 3. The maximum absolute atomic E-state index is 14.5. The van der Waals surface area contributed by atoms with Crippen LogP contribution in [0, 0.1) is 5.92 Å². The number of carboxylic acid groups (broad SMARTS) is 1. The van der Waals surface area contributed by atoms with Gasteiger partial charge in [0.25, 0.3) is 5.91 Å². The molecule has 54 heavy (non-hydrogen) atoms. The van der Waals surface area contributed by atoms with E-state index in [4.69, 9.17) is 14.2 Å². The standard InChI is InChI=1S/C35H40F3N5O10S/c1-32(12-13-32)54(49,50)42-30(46)34-15-19(34)8-6-4-3-5-7-9-23(40-31(47)48)29(45)43-17-33(16-24(43)28(44)41-34)18-52-25-21-14-20(51-2)10-11-22(21)39-27(26(25)53-33)35(36,37)38/h6,8,10-11,14,19,23-24,40H,3-5,7,9,12-13,15-18H2,1-2H3,(H,41,44)(H,42,46)(H,47,48)/b8-6-/t19-,23+,24+,33-,34-/m1/s1. The van der Waals surface area contributed by atoms with Crippen molar-refractivity contribution in [1.82, 2.24) is 25.2 Å². The number of ether oxygens (including phenoxy) is 3. The van der Waals surface area contributed by atoms with E-state index in [2.05, 4.69) is 20.3 Å². The van der Waals surface area contributed by atoms with Crippen LogP contribution in [0.4, 0.5) is 18.0 Å². The lowest BCUT2D eigenvalue weighted by Gasteiger charge is -2.36. The topological polar surface area (TPSA) is 203 Å². The number of carbonyl (C=O) groups is 4. The molecule has 0 bridgehead atoms. The molecule has 1 aromatic heterocycles. The summed E-state index contributed by atoms with van der Waals surface area (Å²) in [7, 11) is -2.73. The molecule has 3 aliphatic heterocycles. The molecular formula is C35H40F3N5O10S. The Balaban J connectivity index is 1.27. The molecule has 2 aliphatic carbocycles. The Morgan fingerprint density at radius 3 is 2.57 bits per heavy atom. The van der Waals surface area contributed by atoms with Gasteiger partial charge in [0.05, 0.1) is 23.9 Å². The van der Waals surface area contributed by atoms with Crippen molar-refractivity contribution in [2.24, 2.45) is 5.92 Å². The van der Waals surface area contributed by atoms with Crippen LogP contribution in [0.5, 0.6) is 17.2 Å². The Morgan fingerprint density at radius 1 is 1.13 bits per heavy atom. The second kappa shape index (κ2) is 13.2. The summed E-state index contributed by atoms with van der Waals surface area (Å²) in [5, 5.41) is 14.7. The van der Waals surface area contributed by atoms with E-state index in [1.165, 1.54) is 32.2 Å². The first kappa shape index (κ1) is 37.5. The fourth-order valence-electron chi connectivity index (χ4n) is 7.51. The van der Waals surface area contributed by atoms with Crippen LogP contribution in [-0.4, -0.2) is 95.5 Å². The van der Waals surface area contributed by atoms with Crippen molar-refractivity contribution >= 4 is 44.7 Å². The second-order valence-corrected chi connectivity index (χ2v) is 17.2. The normalized spacial score (nSPS) is 29.9. The van der Waals surface area contributed by atoms with Gasteiger partial charge in [-0.25, -0.2) is 18.2 Å². The Morgan fingerprint density at radius 2 is 1.89 bits per heavy atom. The van der Waals surface area contributed by atoms with Gasteiger partial charge in [0.15, 0.2) is 22.8 Å². The minimum atomic E-state index is -5.02. The minimum absolute atomic E-state index is 0.0481. The van der Waals surface area contributed by atoms with Crippen molar-refractivity contribution in [3.63, 3.8) is 0 Å². The highest BCUT2D eigenvalue weighted by atomic mass is 32.2. The number of hydrogen-bond acceptors (Lipinski definition) is 10. The number of aromatic nitrogens is 1. The van der Waals surface area contributed by atoms with Crippen molar-refractivity contribution in [1.29, 1.82) is 0 Å². The molecule has 7 rings (SSSR count). The largest absolute Gasteiger partial charge is 0.497 e. The number of carbonyl (C=O) groups excluding carboxylic acids is 3. The number of alkyl halides is 3. The molecule has 3 fully saturated rings. The van der Waals surface area contributed by atoms with Crippen molar-refractivity contribution in [2.75, 3.05) is 20.3 Å². The Hall–Kier alpha value is -4.81. The number of rotatable bonds is 5. The maximum atomic E-state index is 14.5. The van der Waals surface area contributed by atoms with Crippen LogP contribution in [0.2, 0.25) is 0 Å². The number of nitrogens with zero attached hydrogens (tertiary/aromatic N) is 2. The quantitative estimate of drug-likeness (QED) is 0.324. The van der Waals surface area contributed by atoms with E-state index in [9.17, 15) is 45.9 Å². The fourth-order valence-corrected chi connectivity index (χ4v) is 8.83. The lowest BCUT2D eigenvalue weighted by Crippen LogP contribution is -2.58. The van der Waals surface area contributed by atoms with Gasteiger partial charge in [0.1, 0.15) is 30.0 Å². The first-order valence-electron chi connectivity index (χ1n) is 17.7. The van der Waals surface area contributed by atoms with Gasteiger partial charge in [-0.3, -0.25) is 19.1 Å². The summed E-state index contributed by atoms with van der Waals surface area (Å²) in [4.78, 5) is 59.1. The third kappa shape index (κ3) is 6.74. The smallest absolute Gasteiger partial charge is 0.437 e. The maximum Gasteiger partial charge on any atom is 0.437 e. The summed E-state index contributed by atoms with van der Waals surface area (Å²) >= 11 is 0. The van der Waals surface area contributed by atoms with Gasteiger partial charge in [-0.2, -0.15) is 13.2 Å². The highest BCUT2D eigenvalue weighted by Crippen LogP contribution is 2.51. The van der Waals surface area contributed by atoms with Crippen molar-refractivity contribution < 1.29 is 60.1 Å². The van der Waals surface area contributed by atoms with Gasteiger partial charge in [-0.1, -0.05) is 25.0 Å². The number of sulfonamides is 1. The number of methoxy groups -OCH3 is 1. The van der Waals surface area contributed by atoms with E-state index in [-0.39, 0.29) is 29.5 Å². The van der Waals surface area contributed by atoms with E-state index >= 15 is 0 Å². The monoisotopic (exact) mass is 779 g/mol. The SMILES string of the molecule is COc1ccc2nc(C(F)(F)F)c3c(c2c1)OC[C@]1(C[C@H]2C(=O)N[C@]4(C(=O)NS(=O)(=O)C5(C)CC5)C[C@H]4/C=C\CCCCC[C@H](NC(=O)O)C(=O)N2C1)O3. The Bertz CT molecular complexity index is 2060. The van der Waals surface area contributed by atoms with Crippen LogP contribution in [0.25, 0.3) is 10.9 Å². The van der Waals surface area contributed by atoms with Crippen molar-refractivity contribution in [2.45, 2.75) is 98.9 Å². The molecule has 1 spiro atoms. The Labute approximate surface area is 308 Å². The van der Waals surface area contributed by atoms with Crippen LogP contribution >= 0.6 is 0 Å². The summed E-state index contributed by atoms with van der Waals surface area (Å²) in [5.74, 6) is -3.99. The third-order valence-electron chi connectivity index (χ3n) is 11.1. The molecule has 15 nitrogen and oxygen atoms in total. The number of benzene rings is 1. The fraction of sp³-hybridized carbons (Fsp3) is 0.571. The van der Waals surface area contributed by atoms with Gasteiger partial charge in [-0.15, -0.1) is 0 Å². The van der Waals surface area contributed by atoms with Gasteiger partial charge < -0.3 is 34.9 Å². The molecule has 0 radical (unpaired) electrons. The summed E-state index contributed by atoms with van der Waals surface area (Å²) in [5.41, 5.74) is -4.92. The number of allylic oxidation sites excluding steroid dienone is 1. The lowest BCUT2D eigenvalue weighted by molar-refractivity contribution is -0.145. The zero-order chi connectivity index (χ0) is 38.8. The van der Waals surface area contributed by atoms with E-state index in [0.717, 1.165) is 4.90 Å². The molecule has 1 aromatic carbocycles. The molecule has 4 N–H and O–H groups in total. The van der Waals surface area contributed by atoms with Gasteiger partial charge >= 0.3 is 12.3 Å². The van der Waals surface area contributed by atoms with Gasteiger partial charge in [-0.05, 0) is 63.6 Å². The zero-order valence-corrected chi connectivity index (χ0v) is 30.3. The van der Waals surface area contributed by atoms with E-state index in [1.807, 2.05) is 6.08 Å². The molecule has 292 valence electrons. The van der Waals surface area contributed by atoms with Crippen molar-refractivity contribution in [3.8, 4) is 17.2 Å². The first-order chi connectivity index (χ1) is 25.4. The molecule has 2 saturated carbocycles. The molecule has 19 heteroatoms. The molecule has 4 heterocycles. The number of fused-ring (bicyclic) bond motifs is 5. The molecule has 2 aromatic rings. The second-order valence-electron chi connectivity index (χ2n) is 15.0. The molecule has 4 amide bonds. The average Bonchev–Trinajstić information content (AvgIpc) is 4.00. The van der Waals surface area contributed by atoms with E-state index in [1.54, 1.807) is 6.08 Å².